The van der Waals surface area contributed by atoms with Crippen LogP contribution in [0.5, 0.6) is 0 Å². The predicted octanol–water partition coefficient (Wildman–Crippen LogP) is 2.27. The summed E-state index contributed by atoms with van der Waals surface area (Å²) < 4.78 is 59.2. The minimum absolute atomic E-state index is 0.0485. The molecule has 0 spiro atoms. The average molecular weight is 796 g/mol. The van der Waals surface area contributed by atoms with E-state index in [1.54, 1.807) is 0 Å². The first kappa shape index (κ1) is 49.4. The van der Waals surface area contributed by atoms with Crippen molar-refractivity contribution in [2.24, 2.45) is 0 Å². The van der Waals surface area contributed by atoms with Crippen molar-refractivity contribution in [3.05, 3.63) is 38.4 Å². The molecular formula is C34H57N3O18. The highest BCUT2D eigenvalue weighted by molar-refractivity contribution is 5.69. The highest BCUT2D eigenvalue weighted by Gasteiger charge is 2.19. The standard InChI is InChI=1S/C34H57N3O18/c38-33(39)3-1-2-4-34(40)55-28-27-54-26-25-53-24-23-52-22-21-51-20-19-50-18-17-49-16-15-48-14-13-47-12-11-46-10-9-45-8-7-35-31-6-5-30(36(41)42)29-32(31)37(43)44/h5-6,29,35H,1-4,7-28H2,(H,38,39). The summed E-state index contributed by atoms with van der Waals surface area (Å²) in [4.78, 5) is 42.5. The molecule has 0 aromatic heterocycles. The Morgan fingerprint density at radius 1 is 0.527 bits per heavy atom. The van der Waals surface area contributed by atoms with Crippen molar-refractivity contribution in [2.75, 3.05) is 151 Å². The second-order valence-electron chi connectivity index (χ2n) is 11.1. The molecule has 1 aromatic rings. The lowest BCUT2D eigenvalue weighted by Gasteiger charge is -2.09. The number of nitro groups is 2. The van der Waals surface area contributed by atoms with Crippen molar-refractivity contribution in [2.45, 2.75) is 25.7 Å². The maximum absolute atomic E-state index is 11.5. The third-order valence-corrected chi connectivity index (χ3v) is 6.81. The fourth-order valence-corrected chi connectivity index (χ4v) is 4.11. The largest absolute Gasteiger partial charge is 0.481 e. The number of hydrogen-bond acceptors (Lipinski definition) is 18. The molecule has 1 rings (SSSR count). The zero-order valence-corrected chi connectivity index (χ0v) is 31.4. The molecule has 55 heavy (non-hydrogen) atoms. The van der Waals surface area contributed by atoms with Crippen LogP contribution in [0.15, 0.2) is 18.2 Å². The number of carbonyl (C=O) groups is 2. The molecule has 316 valence electrons. The van der Waals surface area contributed by atoms with Crippen LogP contribution in [0.3, 0.4) is 0 Å². The molecule has 0 heterocycles. The molecule has 21 heteroatoms. The summed E-state index contributed by atoms with van der Waals surface area (Å²) in [5, 5.41) is 33.4. The van der Waals surface area contributed by atoms with E-state index in [2.05, 4.69) is 5.32 Å². The molecular weight excluding hydrogens is 738 g/mol. The minimum Gasteiger partial charge on any atom is -0.481 e. The van der Waals surface area contributed by atoms with Crippen molar-refractivity contribution < 1.29 is 76.6 Å². The topological polar surface area (TPSA) is 254 Å². The highest BCUT2D eigenvalue weighted by atomic mass is 16.6. The number of carboxylic acid groups (broad SMARTS) is 1. The summed E-state index contributed by atoms with van der Waals surface area (Å²) in [6, 6.07) is 3.41. The fourth-order valence-electron chi connectivity index (χ4n) is 4.11. The van der Waals surface area contributed by atoms with Crippen LogP contribution < -0.4 is 5.32 Å². The van der Waals surface area contributed by atoms with Crippen LogP contribution in [-0.2, 0) is 61.7 Å². The van der Waals surface area contributed by atoms with Crippen LogP contribution in [0.1, 0.15) is 25.7 Å². The third kappa shape index (κ3) is 31.3. The first-order chi connectivity index (χ1) is 26.8. The normalized spacial score (nSPS) is 11.1. The Hall–Kier alpha value is -3.64. The fraction of sp³-hybridized carbons (Fsp3) is 0.765. The van der Waals surface area contributed by atoms with Gasteiger partial charge in [0.2, 0.25) is 0 Å². The molecule has 21 nitrogen and oxygen atoms in total. The van der Waals surface area contributed by atoms with Crippen LogP contribution in [-0.4, -0.2) is 172 Å². The third-order valence-electron chi connectivity index (χ3n) is 6.81. The molecule has 0 radical (unpaired) electrons. The summed E-state index contributed by atoms with van der Waals surface area (Å²) >= 11 is 0. The lowest BCUT2D eigenvalue weighted by atomic mass is 10.2. The molecule has 0 aliphatic rings. The number of carboxylic acids is 1. The maximum atomic E-state index is 11.5. The first-order valence-electron chi connectivity index (χ1n) is 18.1. The van der Waals surface area contributed by atoms with Crippen molar-refractivity contribution in [1.29, 1.82) is 0 Å². The number of nitro benzene ring substituents is 2. The van der Waals surface area contributed by atoms with Gasteiger partial charge in [-0.2, -0.15) is 0 Å². The van der Waals surface area contributed by atoms with Crippen molar-refractivity contribution in [3.8, 4) is 0 Å². The number of anilines is 1. The molecule has 0 amide bonds. The Kier molecular flexibility index (Phi) is 32.3. The van der Waals surface area contributed by atoms with Gasteiger partial charge in [-0.1, -0.05) is 0 Å². The number of non-ortho nitro benzene ring substituents is 1. The number of hydrogen-bond donors (Lipinski definition) is 2. The number of esters is 1. The quantitative estimate of drug-likeness (QED) is 0.0417. The van der Waals surface area contributed by atoms with Gasteiger partial charge in [-0.05, 0) is 18.9 Å². The maximum Gasteiger partial charge on any atom is 0.305 e. The Balaban J connectivity index is 1.71. The summed E-state index contributed by atoms with van der Waals surface area (Å²) in [5.41, 5.74) is -0.549. The smallest absolute Gasteiger partial charge is 0.305 e. The SMILES string of the molecule is O=C(O)CCCCC(=O)OCCOCCOCCOCCOCCOCCOCCOCCOCCOCCOCCNc1ccc([N+](=O)[O-])cc1[N+](=O)[O-]. The number of nitrogens with one attached hydrogen (secondary N) is 1. The van der Waals surface area contributed by atoms with E-state index in [4.69, 9.17) is 57.2 Å². The average Bonchev–Trinajstić information content (AvgIpc) is 3.16. The van der Waals surface area contributed by atoms with E-state index in [0.717, 1.165) is 6.07 Å². The van der Waals surface area contributed by atoms with Crippen LogP contribution in [0.25, 0.3) is 0 Å². The van der Waals surface area contributed by atoms with Gasteiger partial charge in [-0.3, -0.25) is 29.8 Å². The van der Waals surface area contributed by atoms with E-state index >= 15 is 0 Å². The van der Waals surface area contributed by atoms with Gasteiger partial charge < -0.3 is 62.5 Å². The van der Waals surface area contributed by atoms with E-state index in [9.17, 15) is 29.8 Å². The molecule has 0 unspecified atom stereocenters. The molecule has 0 aliphatic carbocycles. The van der Waals surface area contributed by atoms with Crippen LogP contribution in [0.2, 0.25) is 0 Å². The van der Waals surface area contributed by atoms with Crippen molar-refractivity contribution in [3.63, 3.8) is 0 Å². The zero-order chi connectivity index (χ0) is 40.0. The number of unbranched alkanes of at least 4 members (excludes halogenated alkanes) is 1. The summed E-state index contributed by atoms with van der Waals surface area (Å²) in [5.74, 6) is -1.23. The van der Waals surface area contributed by atoms with E-state index in [0.29, 0.717) is 132 Å². The Morgan fingerprint density at radius 3 is 1.25 bits per heavy atom. The molecule has 2 N–H and O–H groups in total. The molecule has 1 aromatic carbocycles. The minimum atomic E-state index is -0.873. The van der Waals surface area contributed by atoms with Gasteiger partial charge in [0, 0.05) is 25.5 Å². The first-order valence-corrected chi connectivity index (χ1v) is 18.1. The zero-order valence-electron chi connectivity index (χ0n) is 31.4. The number of rotatable bonds is 41. The number of nitrogens with zero attached hydrogens (tertiary/aromatic N) is 2. The summed E-state index contributed by atoms with van der Waals surface area (Å²) in [6.45, 7) is 8.42. The summed E-state index contributed by atoms with van der Waals surface area (Å²) in [6.07, 6.45) is 1.19. The van der Waals surface area contributed by atoms with Gasteiger partial charge in [0.25, 0.3) is 11.4 Å². The van der Waals surface area contributed by atoms with Crippen molar-refractivity contribution >= 4 is 29.0 Å². The summed E-state index contributed by atoms with van der Waals surface area (Å²) in [7, 11) is 0. The number of carbonyl (C=O) groups excluding carboxylic acids is 1. The molecule has 0 saturated carbocycles. The van der Waals surface area contributed by atoms with Gasteiger partial charge in [-0.15, -0.1) is 0 Å². The van der Waals surface area contributed by atoms with E-state index in [-0.39, 0.29) is 62.2 Å². The molecule has 0 aliphatic heterocycles. The lowest BCUT2D eigenvalue weighted by Crippen LogP contribution is -2.16. The van der Waals surface area contributed by atoms with E-state index in [1.165, 1.54) is 12.1 Å². The molecule has 0 atom stereocenters. The number of aliphatic carboxylic acids is 1. The van der Waals surface area contributed by atoms with Gasteiger partial charge in [0.15, 0.2) is 0 Å². The van der Waals surface area contributed by atoms with Gasteiger partial charge in [-0.25, -0.2) is 0 Å². The van der Waals surface area contributed by atoms with Crippen LogP contribution in [0, 0.1) is 20.2 Å². The Bertz CT molecular complexity index is 1150. The molecule has 0 bridgehead atoms. The van der Waals surface area contributed by atoms with Crippen molar-refractivity contribution in [1.82, 2.24) is 0 Å². The van der Waals surface area contributed by atoms with E-state index < -0.39 is 15.8 Å². The monoisotopic (exact) mass is 795 g/mol. The van der Waals surface area contributed by atoms with E-state index in [1.807, 2.05) is 0 Å². The number of ether oxygens (including phenoxy) is 11. The second kappa shape index (κ2) is 36.0. The molecule has 0 saturated heterocycles. The van der Waals surface area contributed by atoms with Crippen LogP contribution in [0.4, 0.5) is 17.1 Å². The lowest BCUT2D eigenvalue weighted by molar-refractivity contribution is -0.393. The Morgan fingerprint density at radius 2 is 0.891 bits per heavy atom. The van der Waals surface area contributed by atoms with Gasteiger partial charge in [0.05, 0.1) is 148 Å². The highest BCUT2D eigenvalue weighted by Crippen LogP contribution is 2.28. The number of benzene rings is 1. The predicted molar refractivity (Wildman–Crippen MR) is 193 cm³/mol. The van der Waals surface area contributed by atoms with Crippen LogP contribution >= 0.6 is 0 Å². The second-order valence-corrected chi connectivity index (χ2v) is 11.1. The van der Waals surface area contributed by atoms with Gasteiger partial charge >= 0.3 is 11.9 Å². The molecule has 0 fully saturated rings. The Labute approximate surface area is 320 Å². The van der Waals surface area contributed by atoms with Gasteiger partial charge in [0.1, 0.15) is 12.3 Å².